The van der Waals surface area contributed by atoms with Gasteiger partial charge in [0.2, 0.25) is 0 Å². The Labute approximate surface area is 174 Å². The minimum Gasteiger partial charge on any atom is -0.497 e. The van der Waals surface area contributed by atoms with E-state index in [4.69, 9.17) is 9.47 Å². The molecule has 0 bridgehead atoms. The van der Waals surface area contributed by atoms with Crippen LogP contribution in [-0.4, -0.2) is 31.3 Å². The first-order valence-electron chi connectivity index (χ1n) is 9.58. The van der Waals surface area contributed by atoms with Crippen LogP contribution in [0.1, 0.15) is 25.3 Å². The second-order valence-corrected chi connectivity index (χ2v) is 6.87. The van der Waals surface area contributed by atoms with Gasteiger partial charge in [-0.25, -0.2) is 0 Å². The highest BCUT2D eigenvalue weighted by Gasteiger charge is 2.49. The van der Waals surface area contributed by atoms with Gasteiger partial charge in [0.15, 0.2) is 0 Å². The Morgan fingerprint density at radius 1 is 1.10 bits per heavy atom. The van der Waals surface area contributed by atoms with E-state index in [1.807, 2.05) is 37.3 Å². The molecule has 0 saturated heterocycles. The van der Waals surface area contributed by atoms with E-state index in [-0.39, 0.29) is 25.3 Å². The fourth-order valence-electron chi connectivity index (χ4n) is 3.29. The summed E-state index contributed by atoms with van der Waals surface area (Å²) in [5, 5.41) is 0. The molecule has 2 aromatic carbocycles. The summed E-state index contributed by atoms with van der Waals surface area (Å²) in [4.78, 5) is 13.2. The summed E-state index contributed by atoms with van der Waals surface area (Å²) in [7, 11) is 1.45. The van der Waals surface area contributed by atoms with Crippen LogP contribution in [0.3, 0.4) is 0 Å². The van der Waals surface area contributed by atoms with Crippen LogP contribution in [0.2, 0.25) is 0 Å². The Kier molecular flexibility index (Phi) is 8.06. The number of ether oxygens (including phenoxy) is 2. The van der Waals surface area contributed by atoms with Gasteiger partial charge in [-0.1, -0.05) is 49.8 Å². The van der Waals surface area contributed by atoms with E-state index < -0.39 is 17.6 Å². The van der Waals surface area contributed by atoms with Crippen LogP contribution in [0.5, 0.6) is 5.75 Å². The molecule has 2 rings (SSSR count). The molecule has 0 N–H and O–H groups in total. The van der Waals surface area contributed by atoms with Crippen molar-refractivity contribution >= 4 is 11.6 Å². The number of amides is 1. The first-order valence-corrected chi connectivity index (χ1v) is 9.58. The molecule has 0 aliphatic heterocycles. The molecule has 0 spiro atoms. The zero-order valence-electron chi connectivity index (χ0n) is 17.1. The summed E-state index contributed by atoms with van der Waals surface area (Å²) in [5.41, 5.74) is -0.398. The van der Waals surface area contributed by atoms with Gasteiger partial charge >= 0.3 is 12.1 Å². The standard InChI is InChI=1S/C23H26F3NO3/c1-4-15-22(5-2,17-30-16-18-9-7-6-8-10-18)27(21(28)23(24,25)26)19-11-13-20(29-3)14-12-19/h5-14H,2,4,15-17H2,1,3H3/t22-/m1/s1. The van der Waals surface area contributed by atoms with E-state index in [9.17, 15) is 18.0 Å². The molecule has 0 aliphatic carbocycles. The Hall–Kier alpha value is -2.80. The van der Waals surface area contributed by atoms with Crippen molar-refractivity contribution in [1.29, 1.82) is 0 Å². The maximum Gasteiger partial charge on any atom is 0.471 e. The quantitative estimate of drug-likeness (QED) is 0.474. The molecule has 30 heavy (non-hydrogen) atoms. The summed E-state index contributed by atoms with van der Waals surface area (Å²) in [6, 6.07) is 15.1. The van der Waals surface area contributed by atoms with Crippen LogP contribution in [0.15, 0.2) is 67.3 Å². The lowest BCUT2D eigenvalue weighted by molar-refractivity contribution is -0.172. The van der Waals surface area contributed by atoms with Gasteiger partial charge in [-0.2, -0.15) is 13.2 Å². The van der Waals surface area contributed by atoms with Crippen molar-refractivity contribution < 1.29 is 27.4 Å². The van der Waals surface area contributed by atoms with Gasteiger partial charge in [-0.3, -0.25) is 9.69 Å². The van der Waals surface area contributed by atoms with E-state index in [0.29, 0.717) is 12.2 Å². The van der Waals surface area contributed by atoms with Crippen LogP contribution in [0.4, 0.5) is 18.9 Å². The number of carbonyl (C=O) groups is 1. The average Bonchev–Trinajstić information content (AvgIpc) is 2.74. The van der Waals surface area contributed by atoms with E-state index in [1.165, 1.54) is 37.5 Å². The average molecular weight is 421 g/mol. The minimum absolute atomic E-state index is 0.0924. The van der Waals surface area contributed by atoms with E-state index in [1.54, 1.807) is 0 Å². The lowest BCUT2D eigenvalue weighted by Crippen LogP contribution is -2.57. The molecular weight excluding hydrogens is 395 g/mol. The van der Waals surface area contributed by atoms with Crippen molar-refractivity contribution in [3.63, 3.8) is 0 Å². The first kappa shape index (κ1) is 23.5. The largest absolute Gasteiger partial charge is 0.497 e. The molecule has 4 nitrogen and oxygen atoms in total. The zero-order chi connectivity index (χ0) is 22.2. The zero-order valence-corrected chi connectivity index (χ0v) is 17.1. The fraction of sp³-hybridized carbons (Fsp3) is 0.348. The van der Waals surface area contributed by atoms with Gasteiger partial charge in [0.25, 0.3) is 0 Å². The van der Waals surface area contributed by atoms with E-state index in [0.717, 1.165) is 10.5 Å². The van der Waals surface area contributed by atoms with Crippen molar-refractivity contribution in [2.75, 3.05) is 18.6 Å². The van der Waals surface area contributed by atoms with Crippen molar-refractivity contribution in [3.05, 3.63) is 72.8 Å². The number of alkyl halides is 3. The second kappa shape index (κ2) is 10.3. The smallest absolute Gasteiger partial charge is 0.471 e. The Bertz CT molecular complexity index is 822. The van der Waals surface area contributed by atoms with Gasteiger partial charge in [-0.15, -0.1) is 6.58 Å². The maximum absolute atomic E-state index is 13.5. The predicted molar refractivity (Wildman–Crippen MR) is 110 cm³/mol. The minimum atomic E-state index is -5.05. The Morgan fingerprint density at radius 2 is 1.73 bits per heavy atom. The van der Waals surface area contributed by atoms with Gasteiger partial charge in [0, 0.05) is 5.69 Å². The molecule has 0 saturated carbocycles. The third kappa shape index (κ3) is 5.63. The molecule has 0 unspecified atom stereocenters. The monoisotopic (exact) mass is 421 g/mol. The Balaban J connectivity index is 2.42. The molecule has 162 valence electrons. The van der Waals surface area contributed by atoms with Crippen molar-refractivity contribution in [2.45, 2.75) is 38.1 Å². The van der Waals surface area contributed by atoms with Gasteiger partial charge in [-0.05, 0) is 36.2 Å². The lowest BCUT2D eigenvalue weighted by Gasteiger charge is -2.42. The highest BCUT2D eigenvalue weighted by atomic mass is 19.4. The molecule has 0 fully saturated rings. The van der Waals surface area contributed by atoms with Gasteiger partial charge in [0.1, 0.15) is 5.75 Å². The van der Waals surface area contributed by atoms with E-state index in [2.05, 4.69) is 6.58 Å². The third-order valence-corrected chi connectivity index (χ3v) is 4.75. The molecule has 0 radical (unpaired) electrons. The number of anilines is 1. The van der Waals surface area contributed by atoms with Crippen LogP contribution < -0.4 is 9.64 Å². The highest BCUT2D eigenvalue weighted by molar-refractivity contribution is 5.99. The van der Waals surface area contributed by atoms with Crippen LogP contribution in [0, 0.1) is 0 Å². The maximum atomic E-state index is 13.5. The molecule has 0 aliphatic rings. The number of methoxy groups -OCH3 is 1. The van der Waals surface area contributed by atoms with Crippen LogP contribution >= 0.6 is 0 Å². The normalized spacial score (nSPS) is 13.4. The van der Waals surface area contributed by atoms with Crippen molar-refractivity contribution in [1.82, 2.24) is 0 Å². The summed E-state index contributed by atoms with van der Waals surface area (Å²) in [6.07, 6.45) is -2.91. The summed E-state index contributed by atoms with van der Waals surface area (Å²) >= 11 is 0. The van der Waals surface area contributed by atoms with Gasteiger partial charge < -0.3 is 9.47 Å². The predicted octanol–water partition coefficient (Wildman–Crippen LogP) is 5.53. The highest BCUT2D eigenvalue weighted by Crippen LogP contribution is 2.35. The fourth-order valence-corrected chi connectivity index (χ4v) is 3.29. The SMILES string of the molecule is C=C[C@@](CCC)(COCc1ccccc1)N(C(=O)C(F)(F)F)c1ccc(OC)cc1. The summed E-state index contributed by atoms with van der Waals surface area (Å²) < 4.78 is 51.5. The number of hydrogen-bond donors (Lipinski definition) is 0. The third-order valence-electron chi connectivity index (χ3n) is 4.75. The molecule has 0 heterocycles. The van der Waals surface area contributed by atoms with E-state index >= 15 is 0 Å². The number of halogens is 3. The molecule has 1 amide bonds. The number of nitrogens with zero attached hydrogens (tertiary/aromatic N) is 1. The molecule has 1 atom stereocenters. The molecular formula is C23H26F3NO3. The number of rotatable bonds is 10. The van der Waals surface area contributed by atoms with Crippen molar-refractivity contribution in [3.8, 4) is 5.75 Å². The number of hydrogen-bond acceptors (Lipinski definition) is 3. The lowest BCUT2D eigenvalue weighted by atomic mass is 9.91. The molecule has 7 heteroatoms. The summed E-state index contributed by atoms with van der Waals surface area (Å²) in [6.45, 7) is 5.66. The van der Waals surface area contributed by atoms with Crippen LogP contribution in [0.25, 0.3) is 0 Å². The Morgan fingerprint density at radius 3 is 2.23 bits per heavy atom. The second-order valence-electron chi connectivity index (χ2n) is 6.87. The van der Waals surface area contributed by atoms with Gasteiger partial charge in [0.05, 0.1) is 25.9 Å². The molecule has 2 aromatic rings. The van der Waals surface area contributed by atoms with Crippen molar-refractivity contribution in [2.24, 2.45) is 0 Å². The number of carbonyl (C=O) groups excluding carboxylic acids is 1. The molecule has 0 aromatic heterocycles. The van der Waals surface area contributed by atoms with Crippen LogP contribution in [-0.2, 0) is 16.1 Å². The summed E-state index contributed by atoms with van der Waals surface area (Å²) in [5.74, 6) is -1.50. The number of benzene rings is 2. The first-order chi connectivity index (χ1) is 14.3. The topological polar surface area (TPSA) is 38.8 Å².